The zero-order chi connectivity index (χ0) is 17.3. The number of benzene rings is 1. The number of likely N-dealkylation sites (N-methyl/N-ethyl adjacent to an activating group) is 1. The average Bonchev–Trinajstić information content (AvgIpc) is 3.32. The highest BCUT2D eigenvalue weighted by atomic mass is 16.3. The topological polar surface area (TPSA) is 69.6 Å². The van der Waals surface area contributed by atoms with Crippen molar-refractivity contribution in [2.45, 2.75) is 44.6 Å². The fourth-order valence-electron chi connectivity index (χ4n) is 2.51. The average molecular weight is 318 g/mol. The van der Waals surface area contributed by atoms with Crippen LogP contribution in [0.2, 0.25) is 0 Å². The van der Waals surface area contributed by atoms with Crippen LogP contribution in [-0.2, 0) is 10.2 Å². The Morgan fingerprint density at radius 2 is 1.78 bits per heavy atom. The van der Waals surface area contributed by atoms with Crippen molar-refractivity contribution < 1.29 is 14.7 Å². The number of aliphatic hydroxyl groups excluding tert-OH is 1. The van der Waals surface area contributed by atoms with Crippen molar-refractivity contribution in [3.05, 3.63) is 35.4 Å². The van der Waals surface area contributed by atoms with E-state index in [1.807, 2.05) is 12.1 Å². The van der Waals surface area contributed by atoms with Crippen molar-refractivity contribution in [3.63, 3.8) is 0 Å². The minimum atomic E-state index is -0.407. The first-order valence-corrected chi connectivity index (χ1v) is 7.96. The van der Waals surface area contributed by atoms with E-state index in [9.17, 15) is 14.7 Å². The molecule has 1 fully saturated rings. The smallest absolute Gasteiger partial charge is 0.251 e. The molecule has 0 radical (unpaired) electrons. The number of amides is 2. The Labute approximate surface area is 137 Å². The maximum atomic E-state index is 12.1. The van der Waals surface area contributed by atoms with Gasteiger partial charge in [-0.05, 0) is 36.0 Å². The molecule has 5 nitrogen and oxygen atoms in total. The van der Waals surface area contributed by atoms with E-state index in [-0.39, 0.29) is 30.4 Å². The Morgan fingerprint density at radius 1 is 1.22 bits per heavy atom. The molecule has 0 spiro atoms. The lowest BCUT2D eigenvalue weighted by atomic mass is 9.87. The molecule has 1 aliphatic rings. The molecule has 0 saturated heterocycles. The molecule has 0 atom stereocenters. The molecule has 0 unspecified atom stereocenters. The van der Waals surface area contributed by atoms with E-state index in [1.165, 1.54) is 0 Å². The quantitative estimate of drug-likeness (QED) is 0.868. The number of hydrogen-bond donors (Lipinski definition) is 2. The molecule has 126 valence electrons. The van der Waals surface area contributed by atoms with Crippen molar-refractivity contribution in [3.8, 4) is 0 Å². The number of rotatable bonds is 5. The van der Waals surface area contributed by atoms with Gasteiger partial charge in [0.25, 0.3) is 5.91 Å². The van der Waals surface area contributed by atoms with Crippen LogP contribution in [0.1, 0.15) is 49.5 Å². The number of nitrogens with zero attached hydrogens (tertiary/aromatic N) is 1. The van der Waals surface area contributed by atoms with Crippen LogP contribution in [0.5, 0.6) is 0 Å². The molecule has 1 saturated carbocycles. The van der Waals surface area contributed by atoms with E-state index in [4.69, 9.17) is 0 Å². The molecule has 0 bridgehead atoms. The Kier molecular flexibility index (Phi) is 4.80. The van der Waals surface area contributed by atoms with Crippen LogP contribution in [-0.4, -0.2) is 47.6 Å². The van der Waals surface area contributed by atoms with Gasteiger partial charge in [-0.15, -0.1) is 0 Å². The van der Waals surface area contributed by atoms with Crippen LogP contribution in [0.25, 0.3) is 0 Å². The second-order valence-corrected chi connectivity index (χ2v) is 7.35. The van der Waals surface area contributed by atoms with Gasteiger partial charge in [-0.1, -0.05) is 32.9 Å². The second-order valence-electron chi connectivity index (χ2n) is 7.35. The Balaban J connectivity index is 1.91. The van der Waals surface area contributed by atoms with Gasteiger partial charge in [0.2, 0.25) is 5.91 Å². The molecule has 0 aliphatic heterocycles. The first kappa shape index (κ1) is 17.5. The third-order valence-corrected chi connectivity index (χ3v) is 4.62. The molecule has 0 heterocycles. The number of hydrogen-bond acceptors (Lipinski definition) is 3. The van der Waals surface area contributed by atoms with Crippen molar-refractivity contribution in [2.24, 2.45) is 0 Å². The summed E-state index contributed by atoms with van der Waals surface area (Å²) in [7, 11) is 1.68. The van der Waals surface area contributed by atoms with Gasteiger partial charge >= 0.3 is 0 Å². The second kappa shape index (κ2) is 6.32. The molecule has 0 aromatic heterocycles. The predicted molar refractivity (Wildman–Crippen MR) is 89.3 cm³/mol. The minimum absolute atomic E-state index is 0.0303. The van der Waals surface area contributed by atoms with Crippen molar-refractivity contribution in [1.29, 1.82) is 0 Å². The van der Waals surface area contributed by atoms with Crippen LogP contribution in [0.3, 0.4) is 0 Å². The largest absolute Gasteiger partial charge is 0.394 e. The zero-order valence-corrected chi connectivity index (χ0v) is 14.3. The van der Waals surface area contributed by atoms with E-state index in [2.05, 4.69) is 26.1 Å². The van der Waals surface area contributed by atoms with Crippen LogP contribution < -0.4 is 5.32 Å². The summed E-state index contributed by atoms with van der Waals surface area (Å²) in [4.78, 5) is 25.8. The summed E-state index contributed by atoms with van der Waals surface area (Å²) in [6.45, 7) is 6.26. The molecule has 2 amide bonds. The van der Waals surface area contributed by atoms with Gasteiger partial charge in [-0.3, -0.25) is 9.59 Å². The Bertz CT molecular complexity index is 583. The van der Waals surface area contributed by atoms with Gasteiger partial charge in [0.05, 0.1) is 18.7 Å². The van der Waals surface area contributed by atoms with Gasteiger partial charge in [0.1, 0.15) is 0 Å². The van der Waals surface area contributed by atoms with Gasteiger partial charge in [-0.2, -0.15) is 0 Å². The van der Waals surface area contributed by atoms with E-state index in [0.717, 1.165) is 18.4 Å². The van der Waals surface area contributed by atoms with E-state index in [1.54, 1.807) is 24.1 Å². The van der Waals surface area contributed by atoms with Crippen LogP contribution >= 0.6 is 0 Å². The first-order valence-electron chi connectivity index (χ1n) is 7.96. The lowest BCUT2D eigenvalue weighted by Gasteiger charge is -2.26. The summed E-state index contributed by atoms with van der Waals surface area (Å²) in [5, 5.41) is 12.0. The fourth-order valence-corrected chi connectivity index (χ4v) is 2.51. The zero-order valence-electron chi connectivity index (χ0n) is 14.3. The minimum Gasteiger partial charge on any atom is -0.394 e. The molecule has 1 aliphatic carbocycles. The van der Waals surface area contributed by atoms with Crippen molar-refractivity contribution >= 4 is 11.8 Å². The third kappa shape index (κ3) is 3.91. The SMILES string of the molecule is CN(C(=O)CNC(=O)c1ccc(C(C)(C)C)cc1)C1(CO)CC1. The molecular weight excluding hydrogens is 292 g/mol. The predicted octanol–water partition coefficient (Wildman–Crippen LogP) is 1.70. The van der Waals surface area contributed by atoms with Crippen LogP contribution in [0.4, 0.5) is 0 Å². The van der Waals surface area contributed by atoms with Gasteiger partial charge in [0, 0.05) is 12.6 Å². The van der Waals surface area contributed by atoms with Gasteiger partial charge < -0.3 is 15.3 Å². The van der Waals surface area contributed by atoms with Gasteiger partial charge in [-0.25, -0.2) is 0 Å². The van der Waals surface area contributed by atoms with E-state index >= 15 is 0 Å². The maximum absolute atomic E-state index is 12.1. The first-order chi connectivity index (χ1) is 10.7. The summed E-state index contributed by atoms with van der Waals surface area (Å²) in [5.41, 5.74) is 1.33. The summed E-state index contributed by atoms with van der Waals surface area (Å²) in [6, 6.07) is 7.43. The van der Waals surface area contributed by atoms with Gasteiger partial charge in [0.15, 0.2) is 0 Å². The Morgan fingerprint density at radius 3 is 2.22 bits per heavy atom. The summed E-state index contributed by atoms with van der Waals surface area (Å²) in [6.07, 6.45) is 1.63. The van der Waals surface area contributed by atoms with Crippen LogP contribution in [0, 0.1) is 0 Å². The highest BCUT2D eigenvalue weighted by Gasteiger charge is 2.47. The number of nitrogens with one attached hydrogen (secondary N) is 1. The highest BCUT2D eigenvalue weighted by molar-refractivity contribution is 5.96. The van der Waals surface area contributed by atoms with Crippen LogP contribution in [0.15, 0.2) is 24.3 Å². The number of carbonyl (C=O) groups is 2. The third-order valence-electron chi connectivity index (χ3n) is 4.62. The monoisotopic (exact) mass is 318 g/mol. The van der Waals surface area contributed by atoms with Crippen molar-refractivity contribution in [1.82, 2.24) is 10.2 Å². The highest BCUT2D eigenvalue weighted by Crippen LogP contribution is 2.40. The lowest BCUT2D eigenvalue weighted by molar-refractivity contribution is -0.132. The standard InChI is InChI=1S/C18H26N2O3/c1-17(2,3)14-7-5-13(6-8-14)16(23)19-11-15(22)20(4)18(12-21)9-10-18/h5-8,21H,9-12H2,1-4H3,(H,19,23). The number of aliphatic hydroxyl groups is 1. The van der Waals surface area contributed by atoms with E-state index < -0.39 is 5.54 Å². The lowest BCUT2D eigenvalue weighted by Crippen LogP contribution is -2.46. The maximum Gasteiger partial charge on any atom is 0.251 e. The molecule has 1 aromatic carbocycles. The molecule has 2 rings (SSSR count). The fraction of sp³-hybridized carbons (Fsp3) is 0.556. The summed E-state index contributed by atoms with van der Waals surface area (Å²) in [5.74, 6) is -0.447. The molecule has 1 aromatic rings. The van der Waals surface area contributed by atoms with E-state index in [0.29, 0.717) is 5.56 Å². The Hall–Kier alpha value is -1.88. The molecule has 2 N–H and O–H groups in total. The normalized spacial score (nSPS) is 15.9. The summed E-state index contributed by atoms with van der Waals surface area (Å²) >= 11 is 0. The molecule has 5 heteroatoms. The summed E-state index contributed by atoms with van der Waals surface area (Å²) < 4.78 is 0. The van der Waals surface area contributed by atoms with Crippen molar-refractivity contribution in [2.75, 3.05) is 20.2 Å². The molecular formula is C18H26N2O3. The number of carbonyl (C=O) groups excluding carboxylic acids is 2. The molecule has 23 heavy (non-hydrogen) atoms.